The molecule has 2 N–H and O–H groups in total. The molecule has 0 bridgehead atoms. The smallest absolute Gasteiger partial charge is 0.122 e. The second kappa shape index (κ2) is 8.10. The molecule has 0 heterocycles. The highest BCUT2D eigenvalue weighted by Crippen LogP contribution is 2.23. The summed E-state index contributed by atoms with van der Waals surface area (Å²) in [5.74, 6) is 0.899. The lowest BCUT2D eigenvalue weighted by Crippen LogP contribution is -2.06. The van der Waals surface area contributed by atoms with Crippen LogP contribution in [0.25, 0.3) is 0 Å². The molecule has 0 aliphatic heterocycles. The van der Waals surface area contributed by atoms with Gasteiger partial charge in [0.25, 0.3) is 0 Å². The molecule has 0 aromatic heterocycles. The van der Waals surface area contributed by atoms with E-state index in [4.69, 9.17) is 15.7 Å². The Hall–Kier alpha value is -1.05. The van der Waals surface area contributed by atoms with E-state index >= 15 is 0 Å². The van der Waals surface area contributed by atoms with Crippen molar-refractivity contribution in [1.82, 2.24) is 0 Å². The van der Waals surface area contributed by atoms with E-state index in [0.29, 0.717) is 19.6 Å². The van der Waals surface area contributed by atoms with Gasteiger partial charge in [-0.25, -0.2) is 0 Å². The third-order valence-corrected chi connectivity index (χ3v) is 2.87. The van der Waals surface area contributed by atoms with Gasteiger partial charge >= 0.3 is 0 Å². The monoisotopic (exact) mass is 296 g/mol. The summed E-state index contributed by atoms with van der Waals surface area (Å²) in [5.41, 5.74) is 6.69. The lowest BCUT2D eigenvalue weighted by Gasteiger charge is -2.11. The molecule has 0 spiro atoms. The van der Waals surface area contributed by atoms with Crippen LogP contribution in [0.4, 0.5) is 0 Å². The molecule has 1 aromatic carbocycles. The van der Waals surface area contributed by atoms with E-state index in [-0.39, 0.29) is 0 Å². The molecule has 0 atom stereocenters. The molecular formula is C13H17BrN2O. The molecule has 4 heteroatoms. The normalized spacial score (nSPS) is 9.94. The number of ether oxygens (including phenoxy) is 1. The molecule has 0 saturated carbocycles. The average Bonchev–Trinajstić information content (AvgIpc) is 2.32. The third kappa shape index (κ3) is 5.20. The summed E-state index contributed by atoms with van der Waals surface area (Å²) in [5, 5.41) is 8.42. The maximum absolute atomic E-state index is 8.42. The van der Waals surface area contributed by atoms with Gasteiger partial charge in [0.1, 0.15) is 5.75 Å². The molecule has 1 aromatic rings. The number of hydrogen-bond acceptors (Lipinski definition) is 3. The summed E-state index contributed by atoms with van der Waals surface area (Å²) in [4.78, 5) is 0. The minimum absolute atomic E-state index is 0.597. The molecule has 1 rings (SSSR count). The fourth-order valence-corrected chi connectivity index (χ4v) is 1.94. The Kier molecular flexibility index (Phi) is 6.68. The van der Waals surface area contributed by atoms with Gasteiger partial charge < -0.3 is 10.5 Å². The number of hydrogen-bond donors (Lipinski definition) is 1. The topological polar surface area (TPSA) is 59.0 Å². The highest BCUT2D eigenvalue weighted by molar-refractivity contribution is 9.10. The van der Waals surface area contributed by atoms with Crippen LogP contribution in [0.1, 0.15) is 24.8 Å². The van der Waals surface area contributed by atoms with Gasteiger partial charge in [0, 0.05) is 10.9 Å². The highest BCUT2D eigenvalue weighted by atomic mass is 79.9. The van der Waals surface area contributed by atoms with Gasteiger partial charge in [0.15, 0.2) is 0 Å². The summed E-state index contributed by atoms with van der Waals surface area (Å²) in [6.07, 6.45) is 3.21. The van der Waals surface area contributed by atoms with Crippen molar-refractivity contribution in [3.8, 4) is 11.8 Å². The van der Waals surface area contributed by atoms with E-state index < -0.39 is 0 Å². The Bertz CT molecular complexity index is 387. The van der Waals surface area contributed by atoms with E-state index in [1.54, 1.807) is 0 Å². The van der Waals surface area contributed by atoms with E-state index in [1.165, 1.54) is 0 Å². The van der Waals surface area contributed by atoms with Gasteiger partial charge in [-0.3, -0.25) is 0 Å². The highest BCUT2D eigenvalue weighted by Gasteiger charge is 2.03. The van der Waals surface area contributed by atoms with Crippen LogP contribution in [0.2, 0.25) is 0 Å². The summed E-state index contributed by atoms with van der Waals surface area (Å²) in [6.45, 7) is 1.27. The van der Waals surface area contributed by atoms with Crippen molar-refractivity contribution in [2.24, 2.45) is 5.73 Å². The van der Waals surface area contributed by atoms with Crippen LogP contribution >= 0.6 is 15.9 Å². The van der Waals surface area contributed by atoms with Gasteiger partial charge in [-0.2, -0.15) is 5.26 Å². The molecule has 0 aliphatic carbocycles. The Labute approximate surface area is 111 Å². The van der Waals surface area contributed by atoms with Crippen LogP contribution in [0.3, 0.4) is 0 Å². The van der Waals surface area contributed by atoms with Crippen LogP contribution in [0.15, 0.2) is 22.7 Å². The molecule has 17 heavy (non-hydrogen) atoms. The van der Waals surface area contributed by atoms with Gasteiger partial charge in [0.2, 0.25) is 0 Å². The number of nitrogens with zero attached hydrogens (tertiary/aromatic N) is 1. The van der Waals surface area contributed by atoms with E-state index in [1.807, 2.05) is 18.2 Å². The van der Waals surface area contributed by atoms with E-state index in [9.17, 15) is 0 Å². The lowest BCUT2D eigenvalue weighted by atomic mass is 10.1. The molecule has 92 valence electrons. The lowest BCUT2D eigenvalue weighted by molar-refractivity contribution is 0.304. The second-order valence-corrected chi connectivity index (χ2v) is 4.67. The minimum Gasteiger partial charge on any atom is -0.493 e. The molecule has 0 fully saturated rings. The van der Waals surface area contributed by atoms with E-state index in [0.717, 1.165) is 35.0 Å². The van der Waals surface area contributed by atoms with Crippen LogP contribution in [-0.2, 0) is 6.42 Å². The molecular weight excluding hydrogens is 280 g/mol. The number of nitrogens with two attached hydrogens (primary N) is 1. The maximum atomic E-state index is 8.42. The van der Waals surface area contributed by atoms with Gasteiger partial charge in [-0.05, 0) is 49.6 Å². The average molecular weight is 297 g/mol. The summed E-state index contributed by atoms with van der Waals surface area (Å²) in [6, 6.07) is 8.09. The van der Waals surface area contributed by atoms with Gasteiger partial charge in [0.05, 0.1) is 12.7 Å². The molecule has 0 aliphatic rings. The van der Waals surface area contributed by atoms with Crippen LogP contribution in [-0.4, -0.2) is 13.2 Å². The first kappa shape index (κ1) is 14.0. The SMILES string of the molecule is N#CCCCCOc1ccc(Br)cc1CCN. The zero-order chi connectivity index (χ0) is 12.5. The van der Waals surface area contributed by atoms with Crippen molar-refractivity contribution < 1.29 is 4.74 Å². The summed E-state index contributed by atoms with van der Waals surface area (Å²) in [7, 11) is 0. The Morgan fingerprint density at radius 1 is 1.35 bits per heavy atom. The van der Waals surface area contributed by atoms with Gasteiger partial charge in [-0.15, -0.1) is 0 Å². The molecule has 0 saturated heterocycles. The fraction of sp³-hybridized carbons (Fsp3) is 0.462. The predicted octanol–water partition coefficient (Wildman–Crippen LogP) is 3.02. The summed E-state index contributed by atoms with van der Waals surface area (Å²) >= 11 is 3.44. The number of rotatable bonds is 7. The fourth-order valence-electron chi connectivity index (χ4n) is 1.53. The third-order valence-electron chi connectivity index (χ3n) is 2.38. The maximum Gasteiger partial charge on any atom is 0.122 e. The first-order valence-corrected chi connectivity index (χ1v) is 6.55. The first-order chi connectivity index (χ1) is 8.27. The number of benzene rings is 1. The van der Waals surface area contributed by atoms with Crippen molar-refractivity contribution in [1.29, 1.82) is 5.26 Å². The van der Waals surface area contributed by atoms with Crippen LogP contribution in [0.5, 0.6) is 5.75 Å². The van der Waals surface area contributed by atoms with Gasteiger partial charge in [-0.1, -0.05) is 15.9 Å². The first-order valence-electron chi connectivity index (χ1n) is 5.76. The van der Waals surface area contributed by atoms with Crippen molar-refractivity contribution >= 4 is 15.9 Å². The standard InChI is InChI=1S/C13H17BrN2O/c14-12-4-5-13(11(10-12)6-8-16)17-9-3-1-2-7-15/h4-5,10H,1-3,6,8-9,16H2. The molecule has 0 radical (unpaired) electrons. The van der Waals surface area contributed by atoms with Crippen molar-refractivity contribution in [2.75, 3.05) is 13.2 Å². The predicted molar refractivity (Wildman–Crippen MR) is 71.9 cm³/mol. The molecule has 0 unspecified atom stereocenters. The van der Waals surface area contributed by atoms with E-state index in [2.05, 4.69) is 22.0 Å². The van der Waals surface area contributed by atoms with Crippen molar-refractivity contribution in [2.45, 2.75) is 25.7 Å². The summed E-state index contributed by atoms with van der Waals surface area (Å²) < 4.78 is 6.75. The zero-order valence-corrected chi connectivity index (χ0v) is 11.4. The zero-order valence-electron chi connectivity index (χ0n) is 9.79. The molecule has 0 amide bonds. The van der Waals surface area contributed by atoms with Crippen LogP contribution < -0.4 is 10.5 Å². The Balaban J connectivity index is 2.49. The van der Waals surface area contributed by atoms with Crippen molar-refractivity contribution in [3.05, 3.63) is 28.2 Å². The van der Waals surface area contributed by atoms with Crippen molar-refractivity contribution in [3.63, 3.8) is 0 Å². The molecule has 3 nitrogen and oxygen atoms in total. The number of unbranched alkanes of at least 4 members (excludes halogenated alkanes) is 2. The number of halogens is 1. The Morgan fingerprint density at radius 2 is 2.18 bits per heavy atom. The second-order valence-electron chi connectivity index (χ2n) is 3.75. The number of nitriles is 1. The van der Waals surface area contributed by atoms with Crippen LogP contribution in [0, 0.1) is 11.3 Å². The largest absolute Gasteiger partial charge is 0.493 e. The quantitative estimate of drug-likeness (QED) is 0.787. The minimum atomic E-state index is 0.597. The Morgan fingerprint density at radius 3 is 2.88 bits per heavy atom.